The maximum Gasteiger partial charge on any atom is 0.137 e. The standard InChI is InChI=1S/C15H13ClFNO/c16-15-4-2-13(17)9-12(15)10-14(19)3-1-11-5-7-18-8-6-11/h2,4-9H,1,3,10H2. The number of carbonyl (C=O) groups excluding carboxylic acids is 1. The van der Waals surface area contributed by atoms with E-state index in [1.807, 2.05) is 12.1 Å². The van der Waals surface area contributed by atoms with Crippen LogP contribution in [0, 0.1) is 5.82 Å². The molecule has 98 valence electrons. The Morgan fingerprint density at radius 2 is 1.95 bits per heavy atom. The number of Topliss-reactive ketones (excluding diaryl/α,β-unsaturated/α-hetero) is 1. The van der Waals surface area contributed by atoms with E-state index in [2.05, 4.69) is 4.98 Å². The lowest BCUT2D eigenvalue weighted by Gasteiger charge is -2.04. The summed E-state index contributed by atoms with van der Waals surface area (Å²) >= 11 is 5.93. The predicted octanol–water partition coefficient (Wildman–Crippen LogP) is 3.62. The quantitative estimate of drug-likeness (QED) is 0.835. The van der Waals surface area contributed by atoms with Gasteiger partial charge in [0.25, 0.3) is 0 Å². The van der Waals surface area contributed by atoms with Crippen LogP contribution in [0.3, 0.4) is 0 Å². The highest BCUT2D eigenvalue weighted by Crippen LogP contribution is 2.18. The molecule has 1 aromatic heterocycles. The summed E-state index contributed by atoms with van der Waals surface area (Å²) < 4.78 is 13.1. The monoisotopic (exact) mass is 277 g/mol. The summed E-state index contributed by atoms with van der Waals surface area (Å²) in [6.45, 7) is 0. The maximum atomic E-state index is 13.1. The van der Waals surface area contributed by atoms with Crippen LogP contribution in [-0.2, 0) is 17.6 Å². The smallest absolute Gasteiger partial charge is 0.137 e. The number of nitrogens with zero attached hydrogens (tertiary/aromatic N) is 1. The zero-order valence-electron chi connectivity index (χ0n) is 10.3. The number of carbonyl (C=O) groups is 1. The molecule has 0 spiro atoms. The predicted molar refractivity (Wildman–Crippen MR) is 72.7 cm³/mol. The van der Waals surface area contributed by atoms with Crippen molar-refractivity contribution < 1.29 is 9.18 Å². The second-order valence-corrected chi connectivity index (χ2v) is 4.71. The molecule has 0 saturated heterocycles. The fraction of sp³-hybridized carbons (Fsp3) is 0.200. The van der Waals surface area contributed by atoms with Crippen LogP contribution in [0.15, 0.2) is 42.7 Å². The molecule has 0 saturated carbocycles. The van der Waals surface area contributed by atoms with Crippen LogP contribution in [0.25, 0.3) is 0 Å². The van der Waals surface area contributed by atoms with Gasteiger partial charge in [0.05, 0.1) is 0 Å². The van der Waals surface area contributed by atoms with Crippen LogP contribution in [0.1, 0.15) is 17.5 Å². The molecule has 0 unspecified atom stereocenters. The Morgan fingerprint density at radius 3 is 2.68 bits per heavy atom. The SMILES string of the molecule is O=C(CCc1ccncc1)Cc1cc(F)ccc1Cl. The minimum Gasteiger partial charge on any atom is -0.299 e. The lowest BCUT2D eigenvalue weighted by atomic mass is 10.0. The highest BCUT2D eigenvalue weighted by atomic mass is 35.5. The minimum absolute atomic E-state index is 0.0457. The zero-order chi connectivity index (χ0) is 13.7. The number of aromatic nitrogens is 1. The molecule has 2 aromatic rings. The lowest BCUT2D eigenvalue weighted by molar-refractivity contribution is -0.118. The molecule has 0 radical (unpaired) electrons. The van der Waals surface area contributed by atoms with Gasteiger partial charge in [0.2, 0.25) is 0 Å². The molecule has 19 heavy (non-hydrogen) atoms. The van der Waals surface area contributed by atoms with E-state index in [1.54, 1.807) is 12.4 Å². The summed E-state index contributed by atoms with van der Waals surface area (Å²) in [4.78, 5) is 15.8. The molecule has 0 amide bonds. The molecule has 0 aliphatic heterocycles. The molecule has 0 bridgehead atoms. The molecule has 1 aromatic carbocycles. The van der Waals surface area contributed by atoms with E-state index in [-0.39, 0.29) is 18.0 Å². The second-order valence-electron chi connectivity index (χ2n) is 4.31. The van der Waals surface area contributed by atoms with Crippen molar-refractivity contribution in [2.24, 2.45) is 0 Å². The van der Waals surface area contributed by atoms with E-state index < -0.39 is 0 Å². The third kappa shape index (κ3) is 4.14. The molecular weight excluding hydrogens is 265 g/mol. The van der Waals surface area contributed by atoms with Gasteiger partial charge in [-0.1, -0.05) is 11.6 Å². The molecular formula is C15H13ClFNO. The Labute approximate surface area is 116 Å². The number of hydrogen-bond donors (Lipinski definition) is 0. The summed E-state index contributed by atoms with van der Waals surface area (Å²) in [7, 11) is 0. The highest BCUT2D eigenvalue weighted by molar-refractivity contribution is 6.31. The number of halogens is 2. The highest BCUT2D eigenvalue weighted by Gasteiger charge is 2.08. The van der Waals surface area contributed by atoms with Gasteiger partial charge in [-0.2, -0.15) is 0 Å². The Hall–Kier alpha value is -1.74. The number of aryl methyl sites for hydroxylation is 1. The van der Waals surface area contributed by atoms with Crippen molar-refractivity contribution in [2.45, 2.75) is 19.3 Å². The fourth-order valence-corrected chi connectivity index (χ4v) is 2.00. The van der Waals surface area contributed by atoms with Gasteiger partial charge in [-0.3, -0.25) is 9.78 Å². The Balaban J connectivity index is 1.93. The first-order valence-electron chi connectivity index (χ1n) is 5.99. The lowest BCUT2D eigenvalue weighted by Crippen LogP contribution is -2.05. The molecule has 2 rings (SSSR count). The summed E-state index contributed by atoms with van der Waals surface area (Å²) in [6, 6.07) is 7.83. The van der Waals surface area contributed by atoms with Crippen molar-refractivity contribution in [1.29, 1.82) is 0 Å². The molecule has 0 aliphatic rings. The van der Waals surface area contributed by atoms with Crippen molar-refractivity contribution in [3.05, 3.63) is 64.7 Å². The molecule has 0 N–H and O–H groups in total. The van der Waals surface area contributed by atoms with Crippen molar-refractivity contribution in [1.82, 2.24) is 4.98 Å². The maximum absolute atomic E-state index is 13.1. The van der Waals surface area contributed by atoms with E-state index in [4.69, 9.17) is 11.6 Å². The van der Waals surface area contributed by atoms with Crippen molar-refractivity contribution in [3.8, 4) is 0 Å². The van der Waals surface area contributed by atoms with Crippen molar-refractivity contribution in [3.63, 3.8) is 0 Å². The van der Waals surface area contributed by atoms with Crippen LogP contribution in [0.2, 0.25) is 5.02 Å². The number of hydrogen-bond acceptors (Lipinski definition) is 2. The Kier molecular flexibility index (Phi) is 4.63. The first kappa shape index (κ1) is 13.7. The first-order valence-corrected chi connectivity index (χ1v) is 6.37. The van der Waals surface area contributed by atoms with Gasteiger partial charge in [-0.05, 0) is 47.9 Å². The first-order chi connectivity index (χ1) is 9.15. The van der Waals surface area contributed by atoms with Crippen LogP contribution in [0.5, 0.6) is 0 Å². The second kappa shape index (κ2) is 6.43. The van der Waals surface area contributed by atoms with Crippen LogP contribution in [-0.4, -0.2) is 10.8 Å². The van der Waals surface area contributed by atoms with Crippen molar-refractivity contribution in [2.75, 3.05) is 0 Å². The Bertz CT molecular complexity index is 572. The third-order valence-electron chi connectivity index (χ3n) is 2.84. The molecule has 1 heterocycles. The summed E-state index contributed by atoms with van der Waals surface area (Å²) in [6.07, 6.45) is 4.64. The average Bonchev–Trinajstić information content (AvgIpc) is 2.42. The van der Waals surface area contributed by atoms with E-state index in [0.29, 0.717) is 23.4 Å². The van der Waals surface area contributed by atoms with E-state index in [1.165, 1.54) is 18.2 Å². The van der Waals surface area contributed by atoms with Gasteiger partial charge in [-0.15, -0.1) is 0 Å². The number of benzene rings is 1. The number of rotatable bonds is 5. The van der Waals surface area contributed by atoms with E-state index in [0.717, 1.165) is 5.56 Å². The molecule has 0 atom stereocenters. The largest absolute Gasteiger partial charge is 0.299 e. The molecule has 4 heteroatoms. The topological polar surface area (TPSA) is 30.0 Å². The van der Waals surface area contributed by atoms with Gasteiger partial charge >= 0.3 is 0 Å². The van der Waals surface area contributed by atoms with Crippen molar-refractivity contribution >= 4 is 17.4 Å². The van der Waals surface area contributed by atoms with E-state index >= 15 is 0 Å². The summed E-state index contributed by atoms with van der Waals surface area (Å²) in [5, 5.41) is 0.429. The van der Waals surface area contributed by atoms with E-state index in [9.17, 15) is 9.18 Å². The zero-order valence-corrected chi connectivity index (χ0v) is 11.0. The van der Waals surface area contributed by atoms with Gasteiger partial charge in [0, 0.05) is 30.3 Å². The summed E-state index contributed by atoms with van der Waals surface area (Å²) in [5.74, 6) is -0.328. The fourth-order valence-electron chi connectivity index (χ4n) is 1.81. The van der Waals surface area contributed by atoms with Gasteiger partial charge < -0.3 is 0 Å². The van der Waals surface area contributed by atoms with Gasteiger partial charge in [0.1, 0.15) is 11.6 Å². The molecule has 2 nitrogen and oxygen atoms in total. The summed E-state index contributed by atoms with van der Waals surface area (Å²) in [5.41, 5.74) is 1.61. The van der Waals surface area contributed by atoms with Gasteiger partial charge in [0.15, 0.2) is 0 Å². The Morgan fingerprint density at radius 1 is 1.21 bits per heavy atom. The van der Waals surface area contributed by atoms with Gasteiger partial charge in [-0.25, -0.2) is 4.39 Å². The minimum atomic E-state index is -0.374. The number of pyridine rings is 1. The number of ketones is 1. The third-order valence-corrected chi connectivity index (χ3v) is 3.21. The van der Waals surface area contributed by atoms with Crippen LogP contribution >= 0.6 is 11.6 Å². The van der Waals surface area contributed by atoms with Crippen LogP contribution < -0.4 is 0 Å². The average molecular weight is 278 g/mol. The normalized spacial score (nSPS) is 10.4. The molecule has 0 aliphatic carbocycles. The molecule has 0 fully saturated rings. The van der Waals surface area contributed by atoms with Crippen LogP contribution in [0.4, 0.5) is 4.39 Å².